The number of rotatable bonds is 11. The third-order valence-electron chi connectivity index (χ3n) is 7.60. The van der Waals surface area contributed by atoms with Gasteiger partial charge in [0.1, 0.15) is 5.78 Å². The molecule has 1 aromatic heterocycles. The van der Waals surface area contributed by atoms with E-state index < -0.39 is 0 Å². The molecule has 0 spiro atoms. The first kappa shape index (κ1) is 23.1. The standard InChI is InChI=1S/C29H34O2S2/c1-18-2-4-20(5-3-18)14-23(32)15-21-9-13-27-24(16-21)29(25(30)12-8-19-6-7-19)28(33-27)17-26(31)22-10-11-22/h2-5,19,21-22H,6-17H2,1H3. The Morgan fingerprint density at radius 2 is 1.76 bits per heavy atom. The molecule has 0 amide bonds. The predicted octanol–water partition coefficient (Wildman–Crippen LogP) is 7.06. The van der Waals surface area contributed by atoms with E-state index in [0.717, 1.165) is 72.6 Å². The largest absolute Gasteiger partial charge is 0.299 e. The number of ketones is 2. The van der Waals surface area contributed by atoms with Gasteiger partial charge in [-0.1, -0.05) is 54.9 Å². The van der Waals surface area contributed by atoms with Gasteiger partial charge in [0, 0.05) is 40.5 Å². The van der Waals surface area contributed by atoms with Gasteiger partial charge in [-0.25, -0.2) is 0 Å². The fraction of sp³-hybridized carbons (Fsp3) is 0.552. The van der Waals surface area contributed by atoms with E-state index in [1.165, 1.54) is 34.4 Å². The number of thiophene rings is 1. The van der Waals surface area contributed by atoms with Crippen molar-refractivity contribution < 1.29 is 9.59 Å². The van der Waals surface area contributed by atoms with Gasteiger partial charge in [-0.05, 0) is 79.7 Å². The number of hydrogen-bond donors (Lipinski definition) is 0. The van der Waals surface area contributed by atoms with Crippen LogP contribution in [0.3, 0.4) is 0 Å². The van der Waals surface area contributed by atoms with Gasteiger partial charge in [-0.2, -0.15) is 0 Å². The molecule has 2 nitrogen and oxygen atoms in total. The third-order valence-corrected chi connectivity index (χ3v) is 9.20. The van der Waals surface area contributed by atoms with Crippen LogP contribution in [0, 0.1) is 24.7 Å². The molecule has 1 heterocycles. The van der Waals surface area contributed by atoms with Crippen LogP contribution >= 0.6 is 23.6 Å². The molecular formula is C29H34O2S2. The van der Waals surface area contributed by atoms with Gasteiger partial charge in [0.05, 0.1) is 0 Å². The number of thiocarbonyl (C=S) groups is 1. The molecule has 1 unspecified atom stereocenters. The van der Waals surface area contributed by atoms with E-state index in [1.54, 1.807) is 11.3 Å². The van der Waals surface area contributed by atoms with Crippen molar-refractivity contribution in [2.45, 2.75) is 84.0 Å². The molecule has 0 bridgehead atoms. The van der Waals surface area contributed by atoms with Crippen LogP contribution in [0.4, 0.5) is 0 Å². The van der Waals surface area contributed by atoms with Crippen molar-refractivity contribution in [2.24, 2.45) is 17.8 Å². The normalized spacial score (nSPS) is 19.8. The van der Waals surface area contributed by atoms with Gasteiger partial charge in [-0.3, -0.25) is 9.59 Å². The third kappa shape index (κ3) is 5.89. The second kappa shape index (κ2) is 9.92. The van der Waals surface area contributed by atoms with Gasteiger partial charge in [0.25, 0.3) is 0 Å². The van der Waals surface area contributed by atoms with Crippen molar-refractivity contribution >= 4 is 40.0 Å². The summed E-state index contributed by atoms with van der Waals surface area (Å²) in [4.78, 5) is 29.5. The lowest BCUT2D eigenvalue weighted by Gasteiger charge is -2.23. The van der Waals surface area contributed by atoms with Crippen LogP contribution in [0.1, 0.15) is 88.2 Å². The molecule has 33 heavy (non-hydrogen) atoms. The summed E-state index contributed by atoms with van der Waals surface area (Å²) in [5.74, 6) is 2.16. The zero-order valence-electron chi connectivity index (χ0n) is 19.7. The first-order valence-electron chi connectivity index (χ1n) is 12.7. The van der Waals surface area contributed by atoms with Crippen molar-refractivity contribution in [3.63, 3.8) is 0 Å². The number of carbonyl (C=O) groups excluding carboxylic acids is 2. The van der Waals surface area contributed by atoms with E-state index in [4.69, 9.17) is 12.2 Å². The van der Waals surface area contributed by atoms with Crippen LogP contribution in [-0.2, 0) is 30.5 Å². The smallest absolute Gasteiger partial charge is 0.164 e. The average molecular weight is 479 g/mol. The fourth-order valence-electron chi connectivity index (χ4n) is 5.24. The number of aryl methyl sites for hydroxylation is 2. The maximum absolute atomic E-state index is 13.4. The molecule has 0 saturated heterocycles. The number of benzene rings is 1. The van der Waals surface area contributed by atoms with Crippen LogP contribution in [0.25, 0.3) is 0 Å². The van der Waals surface area contributed by atoms with Crippen molar-refractivity contribution in [2.75, 3.05) is 0 Å². The summed E-state index contributed by atoms with van der Waals surface area (Å²) in [6, 6.07) is 8.67. The summed E-state index contributed by atoms with van der Waals surface area (Å²) in [5, 5.41) is 0. The summed E-state index contributed by atoms with van der Waals surface area (Å²) in [6.07, 6.45) is 11.7. The molecule has 1 atom stereocenters. The summed E-state index contributed by atoms with van der Waals surface area (Å²) in [7, 11) is 0. The molecule has 174 valence electrons. The van der Waals surface area contributed by atoms with E-state index in [2.05, 4.69) is 31.2 Å². The second-order valence-corrected chi connectivity index (χ2v) is 12.4. The van der Waals surface area contributed by atoms with E-state index in [-0.39, 0.29) is 5.92 Å². The minimum atomic E-state index is 0.255. The highest BCUT2D eigenvalue weighted by molar-refractivity contribution is 7.80. The number of carbonyl (C=O) groups is 2. The minimum absolute atomic E-state index is 0.255. The van der Waals surface area contributed by atoms with Crippen molar-refractivity contribution in [1.29, 1.82) is 0 Å². The summed E-state index contributed by atoms with van der Waals surface area (Å²) in [6.45, 7) is 2.11. The topological polar surface area (TPSA) is 34.1 Å². The number of fused-ring (bicyclic) bond motifs is 1. The zero-order chi connectivity index (χ0) is 22.9. The quantitative estimate of drug-likeness (QED) is 0.256. The Morgan fingerprint density at radius 3 is 2.45 bits per heavy atom. The van der Waals surface area contributed by atoms with E-state index in [0.29, 0.717) is 30.3 Å². The Kier molecular flexibility index (Phi) is 6.94. The molecular weight excluding hydrogens is 444 g/mol. The van der Waals surface area contributed by atoms with Crippen LogP contribution in [0.5, 0.6) is 0 Å². The van der Waals surface area contributed by atoms with Crippen molar-refractivity contribution in [3.05, 3.63) is 56.3 Å². The van der Waals surface area contributed by atoms with Crippen LogP contribution in [-0.4, -0.2) is 16.4 Å². The van der Waals surface area contributed by atoms with Gasteiger partial charge in [0.2, 0.25) is 0 Å². The Hall–Kier alpha value is -1.65. The zero-order valence-corrected chi connectivity index (χ0v) is 21.3. The average Bonchev–Trinajstić information content (AvgIpc) is 3.70. The van der Waals surface area contributed by atoms with Crippen molar-refractivity contribution in [1.82, 2.24) is 0 Å². The maximum atomic E-state index is 13.4. The molecule has 2 fully saturated rings. The fourth-order valence-corrected chi connectivity index (χ4v) is 7.02. The lowest BCUT2D eigenvalue weighted by Crippen LogP contribution is -2.19. The second-order valence-electron chi connectivity index (χ2n) is 10.6. The molecule has 3 aliphatic rings. The van der Waals surface area contributed by atoms with Crippen LogP contribution in [0.15, 0.2) is 24.3 Å². The number of hydrogen-bond acceptors (Lipinski definition) is 4. The summed E-state index contributed by atoms with van der Waals surface area (Å²) < 4.78 is 0. The van der Waals surface area contributed by atoms with Gasteiger partial charge < -0.3 is 0 Å². The summed E-state index contributed by atoms with van der Waals surface area (Å²) >= 11 is 7.56. The maximum Gasteiger partial charge on any atom is 0.164 e. The highest BCUT2D eigenvalue weighted by Gasteiger charge is 2.34. The predicted molar refractivity (Wildman–Crippen MR) is 140 cm³/mol. The Balaban J connectivity index is 1.29. The van der Waals surface area contributed by atoms with Crippen LogP contribution < -0.4 is 0 Å². The van der Waals surface area contributed by atoms with Crippen molar-refractivity contribution in [3.8, 4) is 0 Å². The highest BCUT2D eigenvalue weighted by Crippen LogP contribution is 2.41. The molecule has 0 aliphatic heterocycles. The lowest BCUT2D eigenvalue weighted by atomic mass is 9.81. The Morgan fingerprint density at radius 1 is 1.00 bits per heavy atom. The molecule has 5 rings (SSSR count). The van der Waals surface area contributed by atoms with Crippen LogP contribution in [0.2, 0.25) is 0 Å². The lowest BCUT2D eigenvalue weighted by molar-refractivity contribution is -0.119. The summed E-state index contributed by atoms with van der Waals surface area (Å²) in [5.41, 5.74) is 4.78. The molecule has 0 N–H and O–H groups in total. The molecule has 3 aliphatic carbocycles. The van der Waals surface area contributed by atoms with E-state index >= 15 is 0 Å². The van der Waals surface area contributed by atoms with E-state index in [1.807, 2.05) is 0 Å². The number of Topliss-reactive ketones (excluding diaryl/α,β-unsaturated/α-hetero) is 2. The van der Waals surface area contributed by atoms with E-state index in [9.17, 15) is 9.59 Å². The first-order chi connectivity index (χ1) is 16.0. The first-order valence-corrected chi connectivity index (χ1v) is 13.9. The SMILES string of the molecule is Cc1ccc(CC(=S)CC2CCc3sc(CC(=O)C4CC4)c(C(=O)CCC4CC4)c3C2)cc1. The molecule has 1 aromatic carbocycles. The van der Waals surface area contributed by atoms with Gasteiger partial charge in [0.15, 0.2) is 5.78 Å². The Labute approximate surface area is 207 Å². The highest BCUT2D eigenvalue weighted by atomic mass is 32.1. The molecule has 0 radical (unpaired) electrons. The van der Waals surface area contributed by atoms with Gasteiger partial charge >= 0.3 is 0 Å². The monoisotopic (exact) mass is 478 g/mol. The minimum Gasteiger partial charge on any atom is -0.299 e. The molecule has 2 saturated carbocycles. The Bertz CT molecular complexity index is 1050. The van der Waals surface area contributed by atoms with Gasteiger partial charge in [-0.15, -0.1) is 11.3 Å². The molecule has 4 heteroatoms. The molecule has 2 aromatic rings.